The Morgan fingerprint density at radius 3 is 2.46 bits per heavy atom. The van der Waals surface area contributed by atoms with Gasteiger partial charge in [-0.3, -0.25) is 20.4 Å². The molecular weight excluding hydrogens is 376 g/mol. The molecule has 2 aromatic rings. The first kappa shape index (κ1) is 17.8. The fourth-order valence-corrected chi connectivity index (χ4v) is 2.54. The summed E-state index contributed by atoms with van der Waals surface area (Å²) in [6.07, 6.45) is 0.0383. The molecule has 0 aliphatic carbocycles. The quantitative estimate of drug-likeness (QED) is 0.766. The van der Waals surface area contributed by atoms with Crippen LogP contribution in [0.15, 0.2) is 46.9 Å². The topological polar surface area (TPSA) is 76.7 Å². The molecule has 0 heterocycles. The molecule has 0 aliphatic rings. The molecule has 2 rings (SSSR count). The smallest absolute Gasteiger partial charge is 0.270 e. The molecule has 0 saturated carbocycles. The van der Waals surface area contributed by atoms with Gasteiger partial charge in [-0.25, -0.2) is 0 Å². The molecule has 126 valence electrons. The summed E-state index contributed by atoms with van der Waals surface area (Å²) in [5.74, 6) is 0.411. The lowest BCUT2D eigenvalue weighted by Gasteiger charge is -2.11. The molecule has 0 aliphatic heterocycles. The molecule has 0 fully saturated rings. The van der Waals surface area contributed by atoms with Crippen LogP contribution in [0.2, 0.25) is 0 Å². The van der Waals surface area contributed by atoms with Gasteiger partial charge in [0.15, 0.2) is 0 Å². The van der Waals surface area contributed by atoms with E-state index in [2.05, 4.69) is 26.8 Å². The second-order valence-electron chi connectivity index (χ2n) is 4.84. The van der Waals surface area contributed by atoms with Crippen molar-refractivity contribution in [2.75, 3.05) is 14.2 Å². The first-order chi connectivity index (χ1) is 11.5. The number of hydrazine groups is 1. The lowest BCUT2D eigenvalue weighted by molar-refractivity contribution is -0.121. The normalized spacial score (nSPS) is 9.96. The lowest BCUT2D eigenvalue weighted by Crippen LogP contribution is -2.42. The Bertz CT molecular complexity index is 749. The Morgan fingerprint density at radius 2 is 1.79 bits per heavy atom. The molecule has 0 aromatic heterocycles. The highest BCUT2D eigenvalue weighted by Crippen LogP contribution is 2.24. The first-order valence-corrected chi connectivity index (χ1v) is 7.89. The Labute approximate surface area is 148 Å². The Hall–Kier alpha value is -2.54. The fraction of sp³-hybridized carbons (Fsp3) is 0.176. The summed E-state index contributed by atoms with van der Waals surface area (Å²) in [7, 11) is 3.07. The van der Waals surface area contributed by atoms with Crippen molar-refractivity contribution in [1.82, 2.24) is 10.9 Å². The summed E-state index contributed by atoms with van der Waals surface area (Å²) in [5, 5.41) is 0. The van der Waals surface area contributed by atoms with Gasteiger partial charge in [0.05, 0.1) is 26.2 Å². The molecule has 0 saturated heterocycles. The van der Waals surface area contributed by atoms with Crippen molar-refractivity contribution >= 4 is 27.7 Å². The van der Waals surface area contributed by atoms with Crippen molar-refractivity contribution in [2.24, 2.45) is 0 Å². The molecule has 0 atom stereocenters. The van der Waals surface area contributed by atoms with Gasteiger partial charge >= 0.3 is 0 Å². The number of benzene rings is 2. The molecule has 6 nitrogen and oxygen atoms in total. The molecule has 2 N–H and O–H groups in total. The van der Waals surface area contributed by atoms with E-state index in [1.807, 2.05) is 0 Å². The van der Waals surface area contributed by atoms with E-state index in [-0.39, 0.29) is 12.3 Å². The van der Waals surface area contributed by atoms with Crippen LogP contribution >= 0.6 is 15.9 Å². The summed E-state index contributed by atoms with van der Waals surface area (Å²) in [4.78, 5) is 24.1. The first-order valence-electron chi connectivity index (χ1n) is 7.09. The molecule has 0 bridgehead atoms. The van der Waals surface area contributed by atoms with E-state index >= 15 is 0 Å². The maximum atomic E-state index is 12.1. The maximum absolute atomic E-state index is 12.1. The third-order valence-electron chi connectivity index (χ3n) is 3.27. The van der Waals surface area contributed by atoms with Crippen LogP contribution in [0.5, 0.6) is 11.5 Å². The number of halogens is 1. The molecule has 24 heavy (non-hydrogen) atoms. The number of carbonyl (C=O) groups is 2. The molecule has 0 spiro atoms. The van der Waals surface area contributed by atoms with E-state index in [1.54, 1.807) is 49.6 Å². The number of hydrogen-bond donors (Lipinski definition) is 2. The Kier molecular flexibility index (Phi) is 6.20. The molecule has 7 heteroatoms. The zero-order valence-electron chi connectivity index (χ0n) is 13.3. The molecule has 2 aromatic carbocycles. The highest BCUT2D eigenvalue weighted by molar-refractivity contribution is 9.10. The van der Waals surface area contributed by atoms with Gasteiger partial charge < -0.3 is 9.47 Å². The minimum Gasteiger partial charge on any atom is -0.497 e. The van der Waals surface area contributed by atoms with E-state index in [0.717, 1.165) is 0 Å². The third kappa shape index (κ3) is 4.48. The van der Waals surface area contributed by atoms with E-state index in [4.69, 9.17) is 9.47 Å². The summed E-state index contributed by atoms with van der Waals surface area (Å²) >= 11 is 3.29. The van der Waals surface area contributed by atoms with Crippen molar-refractivity contribution in [1.29, 1.82) is 0 Å². The van der Waals surface area contributed by atoms with Crippen LogP contribution in [0.25, 0.3) is 0 Å². The van der Waals surface area contributed by atoms with Crippen LogP contribution in [-0.2, 0) is 11.2 Å². The standard InChI is InChI=1S/C17H17BrN2O4/c1-23-12-7-8-15(24-2)11(9-12)10-16(21)19-20-17(22)13-5-3-4-6-14(13)18/h3-9H,10H2,1-2H3,(H,19,21)(H,20,22). The van der Waals surface area contributed by atoms with Gasteiger partial charge in [-0.15, -0.1) is 0 Å². The summed E-state index contributed by atoms with van der Waals surface area (Å²) in [6, 6.07) is 12.1. The van der Waals surface area contributed by atoms with E-state index < -0.39 is 5.91 Å². The van der Waals surface area contributed by atoms with Crippen molar-refractivity contribution in [3.63, 3.8) is 0 Å². The number of carbonyl (C=O) groups excluding carboxylic acids is 2. The summed E-state index contributed by atoms with van der Waals surface area (Å²) < 4.78 is 11.0. The Balaban J connectivity index is 1.99. The monoisotopic (exact) mass is 392 g/mol. The van der Waals surface area contributed by atoms with Gasteiger partial charge in [0.25, 0.3) is 5.91 Å². The third-order valence-corrected chi connectivity index (χ3v) is 3.96. The van der Waals surface area contributed by atoms with Crippen molar-refractivity contribution in [3.8, 4) is 11.5 Å². The minimum atomic E-state index is -0.409. The Morgan fingerprint density at radius 1 is 1.04 bits per heavy atom. The van der Waals surface area contributed by atoms with E-state index in [0.29, 0.717) is 27.1 Å². The largest absolute Gasteiger partial charge is 0.497 e. The average Bonchev–Trinajstić information content (AvgIpc) is 2.60. The van der Waals surface area contributed by atoms with Gasteiger partial charge in [-0.1, -0.05) is 12.1 Å². The number of ether oxygens (including phenoxy) is 2. The SMILES string of the molecule is COc1ccc(OC)c(CC(=O)NNC(=O)c2ccccc2Br)c1. The molecule has 2 amide bonds. The summed E-state index contributed by atoms with van der Waals surface area (Å²) in [6.45, 7) is 0. The number of methoxy groups -OCH3 is 2. The van der Waals surface area contributed by atoms with E-state index in [9.17, 15) is 9.59 Å². The highest BCUT2D eigenvalue weighted by atomic mass is 79.9. The predicted octanol–water partition coefficient (Wildman–Crippen LogP) is 2.47. The van der Waals surface area contributed by atoms with Gasteiger partial charge in [0.1, 0.15) is 11.5 Å². The lowest BCUT2D eigenvalue weighted by atomic mass is 10.1. The van der Waals surface area contributed by atoms with Crippen molar-refractivity contribution in [3.05, 3.63) is 58.1 Å². The van der Waals surface area contributed by atoms with Crippen LogP contribution in [0.3, 0.4) is 0 Å². The number of nitrogens with one attached hydrogen (secondary N) is 2. The average molecular weight is 393 g/mol. The van der Waals surface area contributed by atoms with Crippen LogP contribution < -0.4 is 20.3 Å². The van der Waals surface area contributed by atoms with Gasteiger partial charge in [-0.2, -0.15) is 0 Å². The predicted molar refractivity (Wildman–Crippen MR) is 93.0 cm³/mol. The zero-order valence-corrected chi connectivity index (χ0v) is 14.8. The maximum Gasteiger partial charge on any atom is 0.270 e. The highest BCUT2D eigenvalue weighted by Gasteiger charge is 2.13. The van der Waals surface area contributed by atoms with Gasteiger partial charge in [0, 0.05) is 10.0 Å². The van der Waals surface area contributed by atoms with Crippen LogP contribution in [0.4, 0.5) is 0 Å². The van der Waals surface area contributed by atoms with Gasteiger partial charge in [-0.05, 0) is 46.3 Å². The number of amides is 2. The zero-order chi connectivity index (χ0) is 17.5. The van der Waals surface area contributed by atoms with Gasteiger partial charge in [0.2, 0.25) is 5.91 Å². The van der Waals surface area contributed by atoms with Crippen molar-refractivity contribution < 1.29 is 19.1 Å². The minimum absolute atomic E-state index is 0.0383. The summed E-state index contributed by atoms with van der Waals surface area (Å²) in [5.41, 5.74) is 5.86. The molecule has 0 unspecified atom stereocenters. The fourth-order valence-electron chi connectivity index (χ4n) is 2.08. The molecular formula is C17H17BrN2O4. The van der Waals surface area contributed by atoms with Crippen LogP contribution in [0, 0.1) is 0 Å². The second kappa shape index (κ2) is 8.35. The number of rotatable bonds is 5. The van der Waals surface area contributed by atoms with Crippen molar-refractivity contribution in [2.45, 2.75) is 6.42 Å². The van der Waals surface area contributed by atoms with E-state index in [1.165, 1.54) is 7.11 Å². The van der Waals surface area contributed by atoms with Crippen LogP contribution in [-0.4, -0.2) is 26.0 Å². The second-order valence-corrected chi connectivity index (χ2v) is 5.69. The number of hydrogen-bond acceptors (Lipinski definition) is 4. The van der Waals surface area contributed by atoms with Crippen LogP contribution in [0.1, 0.15) is 15.9 Å². The molecule has 0 radical (unpaired) electrons.